The van der Waals surface area contributed by atoms with E-state index in [9.17, 15) is 14.4 Å². The Kier molecular flexibility index (Phi) is 5.63. The Morgan fingerprint density at radius 2 is 1.97 bits per heavy atom. The number of aromatic nitrogens is 2. The molecule has 0 bridgehead atoms. The number of hydrogen-bond donors (Lipinski definition) is 2. The van der Waals surface area contributed by atoms with Crippen LogP contribution in [0.25, 0.3) is 10.6 Å². The van der Waals surface area contributed by atoms with E-state index in [1.807, 2.05) is 16.8 Å². The normalized spacial score (nSPS) is 13.5. The molecule has 148 valence electrons. The first kappa shape index (κ1) is 19.2. The first-order chi connectivity index (χ1) is 14.1. The number of hydrogen-bond acceptors (Lipinski definition) is 7. The second kappa shape index (κ2) is 8.50. The number of benzene rings is 1. The summed E-state index contributed by atoms with van der Waals surface area (Å²) in [5.74, 6) is -0.654. The number of nitrogens with zero attached hydrogens (tertiary/aromatic N) is 3. The highest BCUT2D eigenvalue weighted by Gasteiger charge is 2.21. The van der Waals surface area contributed by atoms with Crippen molar-refractivity contribution in [2.75, 3.05) is 23.3 Å². The SMILES string of the molecule is O=C(CNC(=O)c1ccc(N2CCCC2=O)cc1)Nc1nnc(-c2ccsc2)s1. The Morgan fingerprint density at radius 1 is 1.14 bits per heavy atom. The maximum Gasteiger partial charge on any atom is 0.251 e. The number of nitrogens with one attached hydrogen (secondary N) is 2. The van der Waals surface area contributed by atoms with Crippen LogP contribution in [0.1, 0.15) is 23.2 Å². The highest BCUT2D eigenvalue weighted by molar-refractivity contribution is 7.19. The van der Waals surface area contributed by atoms with Crippen molar-refractivity contribution in [1.29, 1.82) is 0 Å². The highest BCUT2D eigenvalue weighted by atomic mass is 32.1. The van der Waals surface area contributed by atoms with Gasteiger partial charge in [-0.15, -0.1) is 10.2 Å². The standard InChI is InChI=1S/C19H17N5O3S2/c25-15(21-19-23-22-18(29-19)13-7-9-28-11-13)10-20-17(27)12-3-5-14(6-4-12)24-8-1-2-16(24)26/h3-7,9,11H,1-2,8,10H2,(H,20,27)(H,21,23,25). The van der Waals surface area contributed by atoms with Crippen LogP contribution in [0.15, 0.2) is 41.1 Å². The fourth-order valence-electron chi connectivity index (χ4n) is 2.92. The summed E-state index contributed by atoms with van der Waals surface area (Å²) in [4.78, 5) is 37.8. The Labute approximate surface area is 174 Å². The van der Waals surface area contributed by atoms with E-state index >= 15 is 0 Å². The number of thiophene rings is 1. The zero-order valence-corrected chi connectivity index (χ0v) is 16.9. The summed E-state index contributed by atoms with van der Waals surface area (Å²) in [6.45, 7) is 0.517. The summed E-state index contributed by atoms with van der Waals surface area (Å²) < 4.78 is 0. The van der Waals surface area contributed by atoms with Crippen LogP contribution >= 0.6 is 22.7 Å². The molecule has 29 heavy (non-hydrogen) atoms. The fraction of sp³-hybridized carbons (Fsp3) is 0.211. The Bertz CT molecular complexity index is 1030. The molecule has 8 nitrogen and oxygen atoms in total. The van der Waals surface area contributed by atoms with Gasteiger partial charge >= 0.3 is 0 Å². The van der Waals surface area contributed by atoms with Gasteiger partial charge in [-0.3, -0.25) is 19.7 Å². The van der Waals surface area contributed by atoms with E-state index in [1.165, 1.54) is 11.3 Å². The van der Waals surface area contributed by atoms with Crippen LogP contribution in [0.4, 0.5) is 10.8 Å². The van der Waals surface area contributed by atoms with Crippen LogP contribution in [0.5, 0.6) is 0 Å². The van der Waals surface area contributed by atoms with Crippen molar-refractivity contribution < 1.29 is 14.4 Å². The molecule has 0 unspecified atom stereocenters. The molecule has 3 amide bonds. The van der Waals surface area contributed by atoms with E-state index in [0.29, 0.717) is 23.7 Å². The quantitative estimate of drug-likeness (QED) is 0.629. The maximum absolute atomic E-state index is 12.3. The molecule has 1 saturated heterocycles. The molecule has 10 heteroatoms. The molecule has 1 aromatic carbocycles. The van der Waals surface area contributed by atoms with Crippen molar-refractivity contribution >= 4 is 51.2 Å². The van der Waals surface area contributed by atoms with Gasteiger partial charge in [-0.05, 0) is 42.1 Å². The van der Waals surface area contributed by atoms with E-state index in [-0.39, 0.29) is 24.3 Å². The van der Waals surface area contributed by atoms with Gasteiger partial charge in [0.05, 0.1) is 6.54 Å². The van der Waals surface area contributed by atoms with Gasteiger partial charge in [0.1, 0.15) is 5.01 Å². The Hall–Kier alpha value is -3.11. The smallest absolute Gasteiger partial charge is 0.251 e. The lowest BCUT2D eigenvalue weighted by molar-refractivity contribution is -0.117. The van der Waals surface area contributed by atoms with Crippen molar-refractivity contribution in [2.45, 2.75) is 12.8 Å². The number of carbonyl (C=O) groups excluding carboxylic acids is 3. The minimum Gasteiger partial charge on any atom is -0.343 e. The molecule has 0 aliphatic carbocycles. The van der Waals surface area contributed by atoms with Gasteiger partial charge in [0.25, 0.3) is 5.91 Å². The predicted octanol–water partition coefficient (Wildman–Crippen LogP) is 2.76. The summed E-state index contributed by atoms with van der Waals surface area (Å²) >= 11 is 2.83. The van der Waals surface area contributed by atoms with Crippen molar-refractivity contribution in [2.24, 2.45) is 0 Å². The van der Waals surface area contributed by atoms with Gasteiger partial charge in [-0.2, -0.15) is 11.3 Å². The Balaban J connectivity index is 1.29. The summed E-state index contributed by atoms with van der Waals surface area (Å²) in [5, 5.41) is 18.2. The summed E-state index contributed by atoms with van der Waals surface area (Å²) in [7, 11) is 0. The Morgan fingerprint density at radius 3 is 2.66 bits per heavy atom. The zero-order valence-electron chi connectivity index (χ0n) is 15.3. The number of carbonyl (C=O) groups is 3. The number of amides is 3. The summed E-state index contributed by atoms with van der Waals surface area (Å²) in [5.41, 5.74) is 2.16. The van der Waals surface area contributed by atoms with E-state index in [2.05, 4.69) is 20.8 Å². The number of rotatable bonds is 6. The van der Waals surface area contributed by atoms with Gasteiger partial charge < -0.3 is 10.2 Å². The molecule has 2 aromatic heterocycles. The van der Waals surface area contributed by atoms with Crippen molar-refractivity contribution in [1.82, 2.24) is 15.5 Å². The molecule has 0 atom stereocenters. The minimum absolute atomic E-state index is 0.0951. The molecular formula is C19H17N5O3S2. The monoisotopic (exact) mass is 427 g/mol. The molecule has 1 fully saturated rings. The topological polar surface area (TPSA) is 104 Å². The molecule has 3 aromatic rings. The molecule has 0 spiro atoms. The van der Waals surface area contributed by atoms with Gasteiger partial charge in [-0.1, -0.05) is 11.3 Å². The largest absolute Gasteiger partial charge is 0.343 e. The summed E-state index contributed by atoms with van der Waals surface area (Å²) in [6.07, 6.45) is 1.40. The molecule has 0 radical (unpaired) electrons. The van der Waals surface area contributed by atoms with E-state index in [1.54, 1.807) is 40.5 Å². The van der Waals surface area contributed by atoms with Crippen LogP contribution in [0.3, 0.4) is 0 Å². The third-order valence-electron chi connectivity index (χ3n) is 4.36. The molecule has 0 saturated carbocycles. The maximum atomic E-state index is 12.3. The van der Waals surface area contributed by atoms with Crippen LogP contribution in [0, 0.1) is 0 Å². The van der Waals surface area contributed by atoms with Crippen molar-refractivity contribution in [3.63, 3.8) is 0 Å². The molecule has 4 rings (SSSR count). The van der Waals surface area contributed by atoms with E-state index in [0.717, 1.165) is 22.7 Å². The van der Waals surface area contributed by atoms with Crippen molar-refractivity contribution in [3.8, 4) is 10.6 Å². The third kappa shape index (κ3) is 4.49. The third-order valence-corrected chi connectivity index (χ3v) is 5.93. The van der Waals surface area contributed by atoms with Gasteiger partial charge in [0.2, 0.25) is 16.9 Å². The first-order valence-corrected chi connectivity index (χ1v) is 10.7. The van der Waals surface area contributed by atoms with Gasteiger partial charge in [-0.25, -0.2) is 0 Å². The van der Waals surface area contributed by atoms with Crippen LogP contribution in [0.2, 0.25) is 0 Å². The highest BCUT2D eigenvalue weighted by Crippen LogP contribution is 2.27. The van der Waals surface area contributed by atoms with E-state index in [4.69, 9.17) is 0 Å². The second-order valence-corrected chi connectivity index (χ2v) is 8.11. The number of anilines is 2. The lowest BCUT2D eigenvalue weighted by atomic mass is 10.2. The molecular weight excluding hydrogens is 410 g/mol. The zero-order chi connectivity index (χ0) is 20.2. The minimum atomic E-state index is -0.384. The first-order valence-electron chi connectivity index (χ1n) is 8.95. The van der Waals surface area contributed by atoms with Gasteiger partial charge in [0, 0.05) is 35.2 Å². The summed E-state index contributed by atoms with van der Waals surface area (Å²) in [6, 6.07) is 8.71. The van der Waals surface area contributed by atoms with E-state index < -0.39 is 0 Å². The van der Waals surface area contributed by atoms with Gasteiger partial charge in [0.15, 0.2) is 0 Å². The lowest BCUT2D eigenvalue weighted by Gasteiger charge is -2.15. The fourth-order valence-corrected chi connectivity index (χ4v) is 4.39. The molecule has 2 N–H and O–H groups in total. The molecule has 1 aliphatic rings. The average Bonchev–Trinajstić information content (AvgIpc) is 3.48. The lowest BCUT2D eigenvalue weighted by Crippen LogP contribution is -2.32. The van der Waals surface area contributed by atoms with Crippen LogP contribution in [-0.2, 0) is 9.59 Å². The van der Waals surface area contributed by atoms with Crippen LogP contribution in [-0.4, -0.2) is 41.0 Å². The second-order valence-electron chi connectivity index (χ2n) is 6.35. The van der Waals surface area contributed by atoms with Crippen molar-refractivity contribution in [3.05, 3.63) is 46.7 Å². The molecule has 1 aliphatic heterocycles. The molecule has 3 heterocycles. The average molecular weight is 428 g/mol. The van der Waals surface area contributed by atoms with Crippen LogP contribution < -0.4 is 15.5 Å². The predicted molar refractivity (Wildman–Crippen MR) is 112 cm³/mol.